The summed E-state index contributed by atoms with van der Waals surface area (Å²) in [4.78, 5) is 7.86. The van der Waals surface area contributed by atoms with Crippen LogP contribution in [0.1, 0.15) is 6.92 Å². The molecule has 0 radical (unpaired) electrons. The molecule has 3 nitrogen and oxygen atoms in total. The minimum atomic E-state index is 0.804. The standard InChI is InChI=1S/C6H8BrN3/c1-2-8-6-3-5(7)9-4-10-6/h3-4H,2H2,1H3,(H,8,9,10). The molecule has 0 saturated carbocycles. The Morgan fingerprint density at radius 1 is 1.60 bits per heavy atom. The van der Waals surface area contributed by atoms with E-state index >= 15 is 0 Å². The Balaban J connectivity index is 2.75. The smallest absolute Gasteiger partial charge is 0.130 e. The Morgan fingerprint density at radius 2 is 2.40 bits per heavy atom. The number of hydrogen-bond donors (Lipinski definition) is 1. The molecule has 0 aliphatic carbocycles. The zero-order chi connectivity index (χ0) is 7.40. The Labute approximate surface area is 68.0 Å². The van der Waals surface area contributed by atoms with Crippen molar-refractivity contribution in [2.75, 3.05) is 11.9 Å². The first kappa shape index (κ1) is 7.47. The number of nitrogens with zero attached hydrogens (tertiary/aromatic N) is 2. The Hall–Kier alpha value is -0.640. The molecule has 0 aliphatic heterocycles. The van der Waals surface area contributed by atoms with Crippen molar-refractivity contribution in [3.8, 4) is 0 Å². The molecule has 0 fully saturated rings. The Kier molecular flexibility index (Phi) is 2.62. The average molecular weight is 202 g/mol. The van der Waals surface area contributed by atoms with Gasteiger partial charge in [0, 0.05) is 12.6 Å². The van der Waals surface area contributed by atoms with Crippen molar-refractivity contribution in [3.05, 3.63) is 17.0 Å². The quantitative estimate of drug-likeness (QED) is 0.741. The summed E-state index contributed by atoms with van der Waals surface area (Å²) in [5.41, 5.74) is 0. The van der Waals surface area contributed by atoms with Gasteiger partial charge in [0.1, 0.15) is 16.7 Å². The van der Waals surface area contributed by atoms with Crippen LogP contribution in [0.25, 0.3) is 0 Å². The number of anilines is 1. The lowest BCUT2D eigenvalue weighted by Crippen LogP contribution is -1.98. The van der Waals surface area contributed by atoms with E-state index < -0.39 is 0 Å². The molecular formula is C6H8BrN3. The molecule has 1 aromatic heterocycles. The van der Waals surface area contributed by atoms with Crippen LogP contribution in [0.4, 0.5) is 5.82 Å². The fraction of sp³-hybridized carbons (Fsp3) is 0.333. The first-order chi connectivity index (χ1) is 4.83. The lowest BCUT2D eigenvalue weighted by molar-refractivity contribution is 1.09. The van der Waals surface area contributed by atoms with Crippen LogP contribution in [-0.2, 0) is 0 Å². The SMILES string of the molecule is CCNc1cc(Br)ncn1. The molecule has 1 rings (SSSR count). The van der Waals surface area contributed by atoms with Crippen molar-refractivity contribution in [3.63, 3.8) is 0 Å². The second kappa shape index (κ2) is 3.51. The summed E-state index contributed by atoms with van der Waals surface area (Å²) in [5.74, 6) is 0.851. The molecule has 0 aliphatic rings. The van der Waals surface area contributed by atoms with Crippen LogP contribution in [0.15, 0.2) is 17.0 Å². The van der Waals surface area contributed by atoms with Gasteiger partial charge in [-0.15, -0.1) is 0 Å². The normalized spacial score (nSPS) is 9.40. The van der Waals surface area contributed by atoms with Gasteiger partial charge in [0.05, 0.1) is 0 Å². The summed E-state index contributed by atoms with van der Waals surface area (Å²) < 4.78 is 0.804. The van der Waals surface area contributed by atoms with Gasteiger partial charge in [0.2, 0.25) is 0 Å². The van der Waals surface area contributed by atoms with Crippen molar-refractivity contribution < 1.29 is 0 Å². The largest absolute Gasteiger partial charge is 0.370 e. The molecule has 4 heteroatoms. The predicted molar refractivity (Wildman–Crippen MR) is 43.9 cm³/mol. The second-order valence-electron chi connectivity index (χ2n) is 1.76. The zero-order valence-electron chi connectivity index (χ0n) is 5.63. The van der Waals surface area contributed by atoms with Crippen molar-refractivity contribution in [1.82, 2.24) is 9.97 Å². The Morgan fingerprint density at radius 3 is 3.00 bits per heavy atom. The number of rotatable bonds is 2. The lowest BCUT2D eigenvalue weighted by atomic mass is 10.6. The fourth-order valence-corrected chi connectivity index (χ4v) is 0.920. The molecule has 54 valence electrons. The maximum absolute atomic E-state index is 3.98. The molecule has 1 heterocycles. The molecule has 0 atom stereocenters. The highest BCUT2D eigenvalue weighted by Gasteiger charge is 1.91. The minimum absolute atomic E-state index is 0.804. The van der Waals surface area contributed by atoms with E-state index in [9.17, 15) is 0 Å². The van der Waals surface area contributed by atoms with Crippen molar-refractivity contribution >= 4 is 21.7 Å². The van der Waals surface area contributed by atoms with Crippen LogP contribution in [-0.4, -0.2) is 16.5 Å². The number of nitrogens with one attached hydrogen (secondary N) is 1. The van der Waals surface area contributed by atoms with Gasteiger partial charge in [-0.05, 0) is 22.9 Å². The molecule has 1 aromatic rings. The minimum Gasteiger partial charge on any atom is -0.370 e. The topological polar surface area (TPSA) is 37.8 Å². The third-order valence-corrected chi connectivity index (χ3v) is 1.43. The monoisotopic (exact) mass is 201 g/mol. The fourth-order valence-electron chi connectivity index (χ4n) is 0.611. The molecule has 0 unspecified atom stereocenters. The van der Waals surface area contributed by atoms with E-state index in [1.54, 1.807) is 0 Å². The van der Waals surface area contributed by atoms with Crippen molar-refractivity contribution in [2.24, 2.45) is 0 Å². The first-order valence-corrected chi connectivity index (χ1v) is 3.83. The van der Waals surface area contributed by atoms with E-state index in [4.69, 9.17) is 0 Å². The lowest BCUT2D eigenvalue weighted by Gasteiger charge is -1.99. The van der Waals surface area contributed by atoms with E-state index in [2.05, 4.69) is 31.2 Å². The van der Waals surface area contributed by atoms with E-state index in [0.29, 0.717) is 0 Å². The molecule has 0 amide bonds. The third kappa shape index (κ3) is 1.95. The van der Waals surface area contributed by atoms with Gasteiger partial charge in [-0.2, -0.15) is 0 Å². The number of hydrogen-bond acceptors (Lipinski definition) is 3. The number of halogens is 1. The summed E-state index contributed by atoms with van der Waals surface area (Å²) in [6.07, 6.45) is 1.52. The molecule has 0 saturated heterocycles. The van der Waals surface area contributed by atoms with Gasteiger partial charge in [0.15, 0.2) is 0 Å². The first-order valence-electron chi connectivity index (χ1n) is 3.04. The average Bonchev–Trinajstić information content (AvgIpc) is 1.88. The summed E-state index contributed by atoms with van der Waals surface area (Å²) in [6, 6.07) is 1.84. The van der Waals surface area contributed by atoms with Gasteiger partial charge in [-0.25, -0.2) is 9.97 Å². The van der Waals surface area contributed by atoms with E-state index in [1.165, 1.54) is 6.33 Å². The van der Waals surface area contributed by atoms with Crippen LogP contribution in [0, 0.1) is 0 Å². The molecule has 1 N–H and O–H groups in total. The summed E-state index contributed by atoms with van der Waals surface area (Å²) in [7, 11) is 0. The van der Waals surface area contributed by atoms with Crippen LogP contribution in [0.5, 0.6) is 0 Å². The van der Waals surface area contributed by atoms with Crippen LogP contribution < -0.4 is 5.32 Å². The van der Waals surface area contributed by atoms with Crippen LogP contribution in [0.3, 0.4) is 0 Å². The van der Waals surface area contributed by atoms with Gasteiger partial charge in [-0.1, -0.05) is 0 Å². The summed E-state index contributed by atoms with van der Waals surface area (Å²) in [6.45, 7) is 2.90. The van der Waals surface area contributed by atoms with E-state index in [1.807, 2.05) is 13.0 Å². The van der Waals surface area contributed by atoms with Gasteiger partial charge < -0.3 is 5.32 Å². The van der Waals surface area contributed by atoms with Crippen molar-refractivity contribution in [1.29, 1.82) is 0 Å². The highest BCUT2D eigenvalue weighted by atomic mass is 79.9. The maximum atomic E-state index is 3.98. The number of aromatic nitrogens is 2. The van der Waals surface area contributed by atoms with Crippen LogP contribution in [0.2, 0.25) is 0 Å². The molecular weight excluding hydrogens is 194 g/mol. The van der Waals surface area contributed by atoms with E-state index in [-0.39, 0.29) is 0 Å². The third-order valence-electron chi connectivity index (χ3n) is 0.992. The highest BCUT2D eigenvalue weighted by molar-refractivity contribution is 9.10. The van der Waals surface area contributed by atoms with Gasteiger partial charge >= 0.3 is 0 Å². The summed E-state index contributed by atoms with van der Waals surface area (Å²) in [5, 5.41) is 3.07. The predicted octanol–water partition coefficient (Wildman–Crippen LogP) is 1.67. The molecule has 0 aromatic carbocycles. The van der Waals surface area contributed by atoms with Gasteiger partial charge in [0.25, 0.3) is 0 Å². The second-order valence-corrected chi connectivity index (χ2v) is 2.57. The van der Waals surface area contributed by atoms with E-state index in [0.717, 1.165) is 17.0 Å². The van der Waals surface area contributed by atoms with Crippen LogP contribution >= 0.6 is 15.9 Å². The molecule has 0 bridgehead atoms. The summed E-state index contributed by atoms with van der Waals surface area (Å²) >= 11 is 3.24. The zero-order valence-corrected chi connectivity index (χ0v) is 7.22. The van der Waals surface area contributed by atoms with Crippen molar-refractivity contribution in [2.45, 2.75) is 6.92 Å². The molecule has 0 spiro atoms. The molecule has 10 heavy (non-hydrogen) atoms. The maximum Gasteiger partial charge on any atom is 0.130 e. The highest BCUT2D eigenvalue weighted by Crippen LogP contribution is 2.08. The van der Waals surface area contributed by atoms with Gasteiger partial charge in [-0.3, -0.25) is 0 Å². The Bertz CT molecular complexity index is 214.